The largest absolute Gasteiger partial charge is 0.376 e. The molecule has 2 N–H and O–H groups in total. The molecule has 0 radical (unpaired) electrons. The smallest absolute Gasteiger partial charge is 0.216 e. The first-order valence-corrected chi connectivity index (χ1v) is 8.35. The summed E-state index contributed by atoms with van der Waals surface area (Å²) in [6.07, 6.45) is 1.90. The van der Waals surface area contributed by atoms with Crippen molar-refractivity contribution >= 4 is 41.5 Å². The maximum atomic E-state index is 10.9. The van der Waals surface area contributed by atoms with Crippen LogP contribution in [-0.4, -0.2) is 38.3 Å². The van der Waals surface area contributed by atoms with E-state index in [1.807, 2.05) is 18.2 Å². The molecule has 2 rings (SSSR count). The summed E-state index contributed by atoms with van der Waals surface area (Å²) in [5.74, 6) is 0.235. The molecule has 1 amide bonds. The van der Waals surface area contributed by atoms with E-state index in [2.05, 4.69) is 10.6 Å². The number of hydrogen-bond acceptors (Lipinski definition) is 3. The third-order valence-electron chi connectivity index (χ3n) is 3.83. The third kappa shape index (κ3) is 6.48. The van der Waals surface area contributed by atoms with Crippen molar-refractivity contribution in [1.29, 1.82) is 0 Å². The van der Waals surface area contributed by atoms with Gasteiger partial charge in [-0.1, -0.05) is 29.3 Å². The van der Waals surface area contributed by atoms with Gasteiger partial charge in [-0.25, -0.2) is 0 Å². The van der Waals surface area contributed by atoms with Crippen LogP contribution in [0.15, 0.2) is 18.2 Å². The van der Waals surface area contributed by atoms with Gasteiger partial charge >= 0.3 is 0 Å². The first-order valence-electron chi connectivity index (χ1n) is 7.59. The van der Waals surface area contributed by atoms with Gasteiger partial charge in [0.2, 0.25) is 5.91 Å². The molecular weight excluding hydrogens is 359 g/mol. The zero-order valence-corrected chi connectivity index (χ0v) is 15.4. The molecule has 1 aromatic rings. The van der Waals surface area contributed by atoms with E-state index in [1.54, 1.807) is 0 Å². The summed E-state index contributed by atoms with van der Waals surface area (Å²) in [5.41, 5.74) is 1.13. The van der Waals surface area contributed by atoms with E-state index in [-0.39, 0.29) is 30.3 Å². The van der Waals surface area contributed by atoms with Crippen molar-refractivity contribution in [2.24, 2.45) is 0 Å². The van der Waals surface area contributed by atoms with Crippen molar-refractivity contribution in [3.8, 4) is 0 Å². The number of carbonyl (C=O) groups excluding carboxylic acids is 1. The van der Waals surface area contributed by atoms with Crippen molar-refractivity contribution in [3.63, 3.8) is 0 Å². The topological polar surface area (TPSA) is 50.4 Å². The molecule has 0 bridgehead atoms. The van der Waals surface area contributed by atoms with Crippen LogP contribution in [-0.2, 0) is 9.53 Å². The predicted molar refractivity (Wildman–Crippen MR) is 97.0 cm³/mol. The number of hydrogen-bond donors (Lipinski definition) is 2. The molecule has 7 heteroatoms. The molecule has 1 aliphatic heterocycles. The van der Waals surface area contributed by atoms with Gasteiger partial charge in [0.05, 0.1) is 22.8 Å². The summed E-state index contributed by atoms with van der Waals surface area (Å²) in [4.78, 5) is 10.9. The standard InChI is InChI=1S/C16H22Cl2N2O2.ClH/c1-11(21)20-6-2-3-16-13(10-19-7-8-22-16)12-4-5-14(17)15(18)9-12;/h4-5,9,13,16,19H,2-3,6-8,10H2,1H3,(H,20,21);1H. The minimum Gasteiger partial charge on any atom is -0.376 e. The molecule has 130 valence electrons. The Kier molecular flexibility index (Phi) is 9.25. The van der Waals surface area contributed by atoms with E-state index < -0.39 is 0 Å². The van der Waals surface area contributed by atoms with Gasteiger partial charge in [0, 0.05) is 32.5 Å². The van der Waals surface area contributed by atoms with Gasteiger partial charge in [-0.2, -0.15) is 0 Å². The molecule has 0 aliphatic carbocycles. The average Bonchev–Trinajstić information content (AvgIpc) is 2.72. The Bertz CT molecular complexity index is 514. The highest BCUT2D eigenvalue weighted by atomic mass is 35.5. The van der Waals surface area contributed by atoms with Crippen LogP contribution < -0.4 is 10.6 Å². The molecule has 0 aromatic heterocycles. The molecule has 1 aliphatic rings. The number of benzene rings is 1. The molecule has 1 heterocycles. The van der Waals surface area contributed by atoms with Gasteiger partial charge in [0.25, 0.3) is 0 Å². The SMILES string of the molecule is CC(=O)NCCCC1OCCNCC1c1ccc(Cl)c(Cl)c1.Cl. The summed E-state index contributed by atoms with van der Waals surface area (Å²) < 4.78 is 6.00. The van der Waals surface area contributed by atoms with Crippen molar-refractivity contribution in [1.82, 2.24) is 10.6 Å². The molecule has 0 spiro atoms. The zero-order valence-electron chi connectivity index (χ0n) is 13.1. The van der Waals surface area contributed by atoms with Gasteiger partial charge in [0.15, 0.2) is 0 Å². The highest BCUT2D eigenvalue weighted by Gasteiger charge is 2.26. The number of halogens is 3. The minimum atomic E-state index is 0. The van der Waals surface area contributed by atoms with Crippen LogP contribution >= 0.6 is 35.6 Å². The van der Waals surface area contributed by atoms with Crippen LogP contribution in [0.4, 0.5) is 0 Å². The average molecular weight is 382 g/mol. The second-order valence-corrected chi connectivity index (χ2v) is 6.33. The Hall–Kier alpha value is -0.520. The Morgan fingerprint density at radius 1 is 1.39 bits per heavy atom. The summed E-state index contributed by atoms with van der Waals surface area (Å²) >= 11 is 12.1. The fourth-order valence-electron chi connectivity index (χ4n) is 2.72. The van der Waals surface area contributed by atoms with E-state index in [1.165, 1.54) is 6.92 Å². The summed E-state index contributed by atoms with van der Waals surface area (Å²) in [5, 5.41) is 7.36. The summed E-state index contributed by atoms with van der Waals surface area (Å²) in [7, 11) is 0. The van der Waals surface area contributed by atoms with Gasteiger partial charge < -0.3 is 15.4 Å². The number of carbonyl (C=O) groups is 1. The molecule has 2 unspecified atom stereocenters. The summed E-state index contributed by atoms with van der Waals surface area (Å²) in [6.45, 7) is 4.60. The Morgan fingerprint density at radius 2 is 2.17 bits per heavy atom. The Morgan fingerprint density at radius 3 is 2.87 bits per heavy atom. The van der Waals surface area contributed by atoms with Crippen molar-refractivity contribution in [2.45, 2.75) is 31.8 Å². The normalized spacial score (nSPS) is 21.2. The van der Waals surface area contributed by atoms with Gasteiger partial charge in [-0.15, -0.1) is 12.4 Å². The number of nitrogens with one attached hydrogen (secondary N) is 2. The first-order chi connectivity index (χ1) is 10.6. The maximum absolute atomic E-state index is 10.9. The van der Waals surface area contributed by atoms with Crippen LogP contribution in [0.2, 0.25) is 10.0 Å². The quantitative estimate of drug-likeness (QED) is 0.769. The molecule has 2 atom stereocenters. The zero-order chi connectivity index (χ0) is 15.9. The Labute approximate surface area is 153 Å². The van der Waals surface area contributed by atoms with Crippen LogP contribution in [0, 0.1) is 0 Å². The second kappa shape index (κ2) is 10.4. The van der Waals surface area contributed by atoms with Crippen LogP contribution in [0.1, 0.15) is 31.2 Å². The second-order valence-electron chi connectivity index (χ2n) is 5.52. The Balaban J connectivity index is 0.00000264. The molecule has 23 heavy (non-hydrogen) atoms. The monoisotopic (exact) mass is 380 g/mol. The number of amides is 1. The molecule has 4 nitrogen and oxygen atoms in total. The lowest BCUT2D eigenvalue weighted by molar-refractivity contribution is -0.119. The highest BCUT2D eigenvalue weighted by molar-refractivity contribution is 6.42. The van der Waals surface area contributed by atoms with Crippen molar-refractivity contribution in [2.75, 3.05) is 26.2 Å². The van der Waals surface area contributed by atoms with Crippen molar-refractivity contribution < 1.29 is 9.53 Å². The lowest BCUT2D eigenvalue weighted by atomic mass is 9.90. The van der Waals surface area contributed by atoms with Gasteiger partial charge in [-0.05, 0) is 30.5 Å². The van der Waals surface area contributed by atoms with Crippen LogP contribution in [0.5, 0.6) is 0 Å². The highest BCUT2D eigenvalue weighted by Crippen LogP contribution is 2.31. The predicted octanol–water partition coefficient (Wildman–Crippen LogP) is 3.40. The lowest BCUT2D eigenvalue weighted by Crippen LogP contribution is -2.28. The molecule has 0 saturated carbocycles. The van der Waals surface area contributed by atoms with Crippen LogP contribution in [0.3, 0.4) is 0 Å². The first kappa shape index (κ1) is 20.5. The van der Waals surface area contributed by atoms with Gasteiger partial charge in [0.1, 0.15) is 0 Å². The molecule has 1 fully saturated rings. The fourth-order valence-corrected chi connectivity index (χ4v) is 3.02. The van der Waals surface area contributed by atoms with Crippen LogP contribution in [0.25, 0.3) is 0 Å². The number of rotatable bonds is 5. The third-order valence-corrected chi connectivity index (χ3v) is 4.57. The van der Waals surface area contributed by atoms with E-state index in [9.17, 15) is 4.79 Å². The minimum absolute atomic E-state index is 0. The van der Waals surface area contributed by atoms with E-state index in [0.717, 1.165) is 31.5 Å². The molecule has 1 aromatic carbocycles. The molecule has 1 saturated heterocycles. The summed E-state index contributed by atoms with van der Waals surface area (Å²) in [6, 6.07) is 5.76. The van der Waals surface area contributed by atoms with E-state index in [4.69, 9.17) is 27.9 Å². The molecular formula is C16H23Cl3N2O2. The van der Waals surface area contributed by atoms with E-state index in [0.29, 0.717) is 23.2 Å². The fraction of sp³-hybridized carbons (Fsp3) is 0.562. The van der Waals surface area contributed by atoms with Gasteiger partial charge in [-0.3, -0.25) is 4.79 Å². The van der Waals surface area contributed by atoms with Crippen molar-refractivity contribution in [3.05, 3.63) is 33.8 Å². The van der Waals surface area contributed by atoms with E-state index >= 15 is 0 Å². The lowest BCUT2D eigenvalue weighted by Gasteiger charge is -2.25. The number of ether oxygens (including phenoxy) is 1. The maximum Gasteiger partial charge on any atom is 0.216 e.